The molecule has 0 atom stereocenters. The van der Waals surface area contributed by atoms with Crippen LogP contribution >= 0.6 is 0 Å². The summed E-state index contributed by atoms with van der Waals surface area (Å²) in [5.41, 5.74) is 0.129. The molecular formula is C40H44N12NaO16S4. The van der Waals surface area contributed by atoms with E-state index in [1.54, 1.807) is 0 Å². The molecule has 0 fully saturated rings. The molecule has 4 aromatic carbocycles. The fourth-order valence-electron chi connectivity index (χ4n) is 6.41. The minimum atomic E-state index is -5.03. The summed E-state index contributed by atoms with van der Waals surface area (Å²) in [6, 6.07) is 16.8. The predicted octanol–water partition coefficient (Wildman–Crippen LogP) is 1.39. The molecule has 0 amide bonds. The second kappa shape index (κ2) is 24.8. The second-order valence-corrected chi connectivity index (χ2v) is 20.3. The first-order valence-corrected chi connectivity index (χ1v) is 26.3. The Morgan fingerprint density at radius 1 is 0.397 bits per heavy atom. The van der Waals surface area contributed by atoms with Crippen LogP contribution in [0.2, 0.25) is 0 Å². The van der Waals surface area contributed by atoms with E-state index < -0.39 is 60.1 Å². The first-order chi connectivity index (χ1) is 34.0. The maximum atomic E-state index is 12.8. The zero-order valence-corrected chi connectivity index (χ0v) is 43.2. The predicted molar refractivity (Wildman–Crippen MR) is 265 cm³/mol. The van der Waals surface area contributed by atoms with E-state index in [0.717, 1.165) is 48.6 Å². The smallest absolute Gasteiger partial charge is 0.295 e. The van der Waals surface area contributed by atoms with Crippen LogP contribution < -0.4 is 31.1 Å². The van der Waals surface area contributed by atoms with Crippen molar-refractivity contribution < 1.29 is 72.3 Å². The van der Waals surface area contributed by atoms with Crippen LogP contribution in [0.3, 0.4) is 0 Å². The Labute approximate surface area is 439 Å². The molecule has 33 heteroatoms. The number of nitrogens with zero attached hydrogens (tertiary/aromatic N) is 8. The Hall–Kier alpha value is -6.08. The maximum absolute atomic E-state index is 12.8. The molecule has 6 rings (SSSR count). The van der Waals surface area contributed by atoms with Gasteiger partial charge < -0.3 is 51.5 Å². The van der Waals surface area contributed by atoms with Gasteiger partial charge in [-0.05, 0) is 83.9 Å². The molecule has 28 nitrogen and oxygen atoms in total. The first kappa shape index (κ1) is 57.8. The molecule has 2 aromatic heterocycles. The van der Waals surface area contributed by atoms with Crippen molar-refractivity contribution in [2.75, 3.05) is 83.7 Å². The van der Waals surface area contributed by atoms with E-state index in [0.29, 0.717) is 0 Å². The summed E-state index contributed by atoms with van der Waals surface area (Å²) >= 11 is 0. The zero-order chi connectivity index (χ0) is 52.4. The van der Waals surface area contributed by atoms with E-state index in [1.807, 2.05) is 0 Å². The standard InChI is InChI=1S/C40H44N12O16S4.Na/c53-19-15-51(16-20-54)39-47-35(41-27-7-11-31(12-8-27)69(57,58)59)45-37(49-39)43-29-5-3-25(33(23-29)71(63,64)65)1-2-26-4-6-30(24-34(26)72(66,67)68)44-38-46-36(48-40(50-38)52(17-21-55)18-22-56)42-28-9-13-32(14-10-28)70(60,61)62;/h1-14,23-24,53-56H,15-22H2,(H,57,58,59)(H,60,61,62)(H,63,64,65)(H,66,67,68)(H2,41,43,45,47,49)(H2,42,44,46,48,50);. The summed E-state index contributed by atoms with van der Waals surface area (Å²) in [6.45, 7) is -1.69. The van der Waals surface area contributed by atoms with Gasteiger partial charge in [0.15, 0.2) is 0 Å². The number of anilines is 10. The number of hydrogen-bond donors (Lipinski definition) is 12. The van der Waals surface area contributed by atoms with Crippen molar-refractivity contribution in [3.8, 4) is 0 Å². The van der Waals surface area contributed by atoms with Crippen LogP contribution in [0.15, 0.2) is 105 Å². The van der Waals surface area contributed by atoms with E-state index in [4.69, 9.17) is 0 Å². The van der Waals surface area contributed by atoms with Gasteiger partial charge >= 0.3 is 0 Å². The van der Waals surface area contributed by atoms with Crippen LogP contribution in [-0.2, 0) is 40.5 Å². The molecule has 1 radical (unpaired) electrons. The van der Waals surface area contributed by atoms with Gasteiger partial charge in [-0.15, -0.1) is 0 Å². The molecule has 0 saturated carbocycles. The molecule has 0 aliphatic carbocycles. The molecule has 0 bridgehead atoms. The van der Waals surface area contributed by atoms with Gasteiger partial charge in [0, 0.05) is 78.5 Å². The van der Waals surface area contributed by atoms with Gasteiger partial charge in [-0.3, -0.25) is 18.2 Å². The number of aliphatic hydroxyl groups is 4. The molecule has 6 aromatic rings. The van der Waals surface area contributed by atoms with E-state index in [-0.39, 0.29) is 152 Å². The summed E-state index contributed by atoms with van der Waals surface area (Å²) in [7, 11) is -19.1. The van der Waals surface area contributed by atoms with Gasteiger partial charge in [-0.2, -0.15) is 63.6 Å². The third kappa shape index (κ3) is 16.2. The first-order valence-electron chi connectivity index (χ1n) is 20.6. The van der Waals surface area contributed by atoms with Gasteiger partial charge in [0.05, 0.1) is 36.2 Å². The van der Waals surface area contributed by atoms with Crippen LogP contribution in [0, 0.1) is 0 Å². The Bertz CT molecular complexity index is 3170. The molecule has 73 heavy (non-hydrogen) atoms. The zero-order valence-electron chi connectivity index (χ0n) is 37.9. The molecule has 0 aliphatic rings. The van der Waals surface area contributed by atoms with Crippen molar-refractivity contribution >= 4 is 141 Å². The SMILES string of the molecule is O=S(=O)(O)c1ccc(Nc2nc(Nc3ccc(C=Cc4ccc(Nc5nc(Nc6ccc(S(=O)(=O)O)cc6)nc(N(CCO)CCO)n5)cc4S(=O)(=O)O)c(S(=O)(=O)O)c3)nc(N(CCO)CCO)n2)cc1.[Na]. The molecular weight excluding hydrogens is 1060 g/mol. The number of rotatable bonds is 24. The van der Waals surface area contributed by atoms with Crippen molar-refractivity contribution in [3.05, 3.63) is 96.1 Å². The number of hydrogen-bond acceptors (Lipinski definition) is 24. The minimum absolute atomic E-state index is 0. The average Bonchev–Trinajstić information content (AvgIpc) is 3.30. The van der Waals surface area contributed by atoms with Crippen molar-refractivity contribution in [2.24, 2.45) is 0 Å². The molecule has 0 aliphatic heterocycles. The molecule has 0 unspecified atom stereocenters. The van der Waals surface area contributed by atoms with Crippen molar-refractivity contribution in [2.45, 2.75) is 19.6 Å². The Balaban J connectivity index is 0.00000988. The van der Waals surface area contributed by atoms with Crippen LogP contribution in [-0.4, -0.2) is 184 Å². The van der Waals surface area contributed by atoms with E-state index in [9.17, 15) is 72.3 Å². The van der Waals surface area contributed by atoms with Crippen molar-refractivity contribution in [1.82, 2.24) is 29.9 Å². The summed E-state index contributed by atoms with van der Waals surface area (Å²) < 4.78 is 137. The van der Waals surface area contributed by atoms with Crippen LogP contribution in [0.4, 0.5) is 58.4 Å². The van der Waals surface area contributed by atoms with Crippen molar-refractivity contribution in [3.63, 3.8) is 0 Å². The summed E-state index contributed by atoms with van der Waals surface area (Å²) in [4.78, 5) is 26.4. The van der Waals surface area contributed by atoms with Gasteiger partial charge in [-0.25, -0.2) is 0 Å². The number of benzene rings is 4. The van der Waals surface area contributed by atoms with Gasteiger partial charge in [0.25, 0.3) is 40.5 Å². The Morgan fingerprint density at radius 2 is 0.671 bits per heavy atom. The molecule has 0 spiro atoms. The van der Waals surface area contributed by atoms with Crippen LogP contribution in [0.5, 0.6) is 0 Å². The Morgan fingerprint density at radius 3 is 0.932 bits per heavy atom. The maximum Gasteiger partial charge on any atom is 0.295 e. The fraction of sp³-hybridized carbons (Fsp3) is 0.200. The average molecular weight is 1100 g/mol. The summed E-state index contributed by atoms with van der Waals surface area (Å²) in [6.07, 6.45) is 2.27. The normalized spacial score (nSPS) is 12.0. The molecule has 12 N–H and O–H groups in total. The van der Waals surface area contributed by atoms with E-state index in [1.165, 1.54) is 58.3 Å². The fourth-order valence-corrected chi connectivity index (χ4v) is 8.78. The number of aliphatic hydroxyl groups excluding tert-OH is 4. The monoisotopic (exact) mass is 1100 g/mol. The van der Waals surface area contributed by atoms with Crippen LogP contribution in [0.25, 0.3) is 12.2 Å². The third-order valence-corrected chi connectivity index (χ3v) is 13.2. The van der Waals surface area contributed by atoms with E-state index in [2.05, 4.69) is 51.2 Å². The topological polar surface area (TPSA) is 430 Å². The van der Waals surface area contributed by atoms with Gasteiger partial charge in [0.1, 0.15) is 9.79 Å². The second-order valence-electron chi connectivity index (χ2n) is 14.7. The summed E-state index contributed by atoms with van der Waals surface area (Å²) in [5, 5.41) is 49.9. The summed E-state index contributed by atoms with van der Waals surface area (Å²) in [5.74, 6) is -0.916. The van der Waals surface area contributed by atoms with Crippen molar-refractivity contribution in [1.29, 1.82) is 0 Å². The van der Waals surface area contributed by atoms with E-state index >= 15 is 0 Å². The van der Waals surface area contributed by atoms with Gasteiger partial charge in [-0.1, -0.05) is 24.3 Å². The minimum Gasteiger partial charge on any atom is -0.395 e. The largest absolute Gasteiger partial charge is 0.395 e. The number of aromatic nitrogens is 6. The Kier molecular flexibility index (Phi) is 19.6. The molecule has 0 saturated heterocycles. The van der Waals surface area contributed by atoms with Gasteiger partial charge in [0.2, 0.25) is 35.7 Å². The molecule has 2 heterocycles. The van der Waals surface area contributed by atoms with Crippen LogP contribution in [0.1, 0.15) is 11.1 Å². The third-order valence-electron chi connectivity index (χ3n) is 9.65. The quantitative estimate of drug-likeness (QED) is 0.0231. The molecule has 385 valence electrons. The number of nitrogens with one attached hydrogen (secondary N) is 4.